The fraction of sp³-hybridized carbons (Fsp3) is 0.733. The first-order chi connectivity index (χ1) is 9.97. The Kier molecular flexibility index (Phi) is 5.36. The van der Waals surface area contributed by atoms with E-state index in [9.17, 15) is 4.79 Å². The van der Waals surface area contributed by atoms with E-state index in [4.69, 9.17) is 4.74 Å². The summed E-state index contributed by atoms with van der Waals surface area (Å²) in [6.45, 7) is 9.88. The summed E-state index contributed by atoms with van der Waals surface area (Å²) >= 11 is 0. The van der Waals surface area contributed by atoms with Crippen LogP contribution in [-0.4, -0.2) is 58.5 Å². The van der Waals surface area contributed by atoms with E-state index in [1.165, 1.54) is 0 Å². The summed E-state index contributed by atoms with van der Waals surface area (Å²) in [6, 6.07) is 2.28. The van der Waals surface area contributed by atoms with Crippen LogP contribution >= 0.6 is 0 Å². The quantitative estimate of drug-likeness (QED) is 0.882. The van der Waals surface area contributed by atoms with Crippen molar-refractivity contribution in [2.45, 2.75) is 52.0 Å². The first-order valence-electron chi connectivity index (χ1n) is 7.63. The predicted molar refractivity (Wildman–Crippen MR) is 81.0 cm³/mol. The number of nitrogens with one attached hydrogen (secondary N) is 1. The van der Waals surface area contributed by atoms with Gasteiger partial charge < -0.3 is 15.0 Å². The van der Waals surface area contributed by atoms with Crippen molar-refractivity contribution < 1.29 is 9.53 Å². The molecule has 1 N–H and O–H groups in total. The lowest BCUT2D eigenvalue weighted by Gasteiger charge is -2.35. The van der Waals surface area contributed by atoms with E-state index >= 15 is 0 Å². The molecule has 1 aromatic rings. The number of rotatable bonds is 5. The van der Waals surface area contributed by atoms with Crippen LogP contribution in [0.15, 0.2) is 18.5 Å². The molecule has 1 fully saturated rings. The van der Waals surface area contributed by atoms with Gasteiger partial charge in [0.15, 0.2) is 0 Å². The summed E-state index contributed by atoms with van der Waals surface area (Å²) in [5, 5.41) is 7.54. The Balaban J connectivity index is 1.80. The molecular weight excluding hydrogens is 268 g/mol. The number of ether oxygens (including phenoxy) is 1. The van der Waals surface area contributed by atoms with Crippen molar-refractivity contribution in [1.82, 2.24) is 20.0 Å². The summed E-state index contributed by atoms with van der Waals surface area (Å²) in [4.78, 5) is 14.2. The summed E-state index contributed by atoms with van der Waals surface area (Å²) in [5.74, 6) is 0.136. The minimum absolute atomic E-state index is 0.109. The molecule has 0 bridgehead atoms. The number of aromatic nitrogens is 2. The highest BCUT2D eigenvalue weighted by atomic mass is 16.5. The predicted octanol–water partition coefficient (Wildman–Crippen LogP) is 1.06. The summed E-state index contributed by atoms with van der Waals surface area (Å²) in [7, 11) is 0. The van der Waals surface area contributed by atoms with Crippen molar-refractivity contribution in [2.24, 2.45) is 0 Å². The van der Waals surface area contributed by atoms with E-state index in [0.29, 0.717) is 19.6 Å². The molecule has 2 heterocycles. The first-order valence-corrected chi connectivity index (χ1v) is 7.63. The maximum absolute atomic E-state index is 12.3. The van der Waals surface area contributed by atoms with Crippen LogP contribution in [0.2, 0.25) is 0 Å². The van der Waals surface area contributed by atoms with Crippen molar-refractivity contribution in [3.05, 3.63) is 18.5 Å². The standard InChI is InChI=1S/C15H26N4O2/c1-11-9-18(10-12(2)21-11)15(20)8-16-13(3)14(4)19-7-5-6-17-19/h5-7,11-14,16H,8-10H2,1-4H3/t11-,12-,13-,14+/m1/s1. The second-order valence-corrected chi connectivity index (χ2v) is 5.95. The minimum atomic E-state index is 0.109. The van der Waals surface area contributed by atoms with Gasteiger partial charge in [-0.2, -0.15) is 5.10 Å². The molecule has 0 aromatic carbocycles. The normalized spacial score (nSPS) is 25.6. The molecule has 2 rings (SSSR count). The number of morpholine rings is 1. The van der Waals surface area contributed by atoms with Crippen LogP contribution in [0.4, 0.5) is 0 Å². The molecule has 0 saturated carbocycles. The molecule has 118 valence electrons. The zero-order chi connectivity index (χ0) is 15.4. The van der Waals surface area contributed by atoms with Gasteiger partial charge in [0.2, 0.25) is 5.91 Å². The van der Waals surface area contributed by atoms with Crippen LogP contribution < -0.4 is 5.32 Å². The Bertz CT molecular complexity index is 439. The van der Waals surface area contributed by atoms with Crippen LogP contribution in [0.1, 0.15) is 33.7 Å². The van der Waals surface area contributed by atoms with E-state index in [1.807, 2.05) is 35.7 Å². The Morgan fingerprint density at radius 1 is 1.38 bits per heavy atom. The van der Waals surface area contributed by atoms with Crippen molar-refractivity contribution in [3.63, 3.8) is 0 Å². The largest absolute Gasteiger partial charge is 0.372 e. The minimum Gasteiger partial charge on any atom is -0.372 e. The fourth-order valence-electron chi connectivity index (χ4n) is 2.66. The van der Waals surface area contributed by atoms with Gasteiger partial charge >= 0.3 is 0 Å². The second-order valence-electron chi connectivity index (χ2n) is 5.95. The molecule has 0 radical (unpaired) electrons. The van der Waals surface area contributed by atoms with E-state index in [1.54, 1.807) is 6.20 Å². The molecule has 0 spiro atoms. The Labute approximate surface area is 126 Å². The van der Waals surface area contributed by atoms with Gasteiger partial charge in [0, 0.05) is 31.5 Å². The van der Waals surface area contributed by atoms with Crippen LogP contribution in [0, 0.1) is 0 Å². The zero-order valence-electron chi connectivity index (χ0n) is 13.3. The number of hydrogen-bond donors (Lipinski definition) is 1. The fourth-order valence-corrected chi connectivity index (χ4v) is 2.66. The molecule has 0 aliphatic carbocycles. The van der Waals surface area contributed by atoms with Gasteiger partial charge in [-0.1, -0.05) is 0 Å². The van der Waals surface area contributed by atoms with Crippen molar-refractivity contribution >= 4 is 5.91 Å². The second kappa shape index (κ2) is 7.04. The number of carbonyl (C=O) groups excluding carboxylic acids is 1. The lowest BCUT2D eigenvalue weighted by atomic mass is 10.1. The van der Waals surface area contributed by atoms with Crippen LogP contribution in [0.25, 0.3) is 0 Å². The van der Waals surface area contributed by atoms with E-state index in [2.05, 4.69) is 24.3 Å². The molecule has 1 aliphatic heterocycles. The van der Waals surface area contributed by atoms with Crippen molar-refractivity contribution in [3.8, 4) is 0 Å². The maximum atomic E-state index is 12.3. The van der Waals surface area contributed by atoms with Gasteiger partial charge in [0.25, 0.3) is 0 Å². The number of amides is 1. The summed E-state index contributed by atoms with van der Waals surface area (Å²) < 4.78 is 7.56. The van der Waals surface area contributed by atoms with E-state index in [0.717, 1.165) is 0 Å². The lowest BCUT2D eigenvalue weighted by Crippen LogP contribution is -2.51. The smallest absolute Gasteiger partial charge is 0.236 e. The van der Waals surface area contributed by atoms with Gasteiger partial charge in [0.05, 0.1) is 24.8 Å². The third-order valence-electron chi connectivity index (χ3n) is 4.01. The SMILES string of the molecule is C[C@@H]1CN(C(=O)CN[C@H](C)[C@H](C)n2cccn2)C[C@@H](C)O1. The van der Waals surface area contributed by atoms with Crippen LogP contribution in [-0.2, 0) is 9.53 Å². The van der Waals surface area contributed by atoms with Gasteiger partial charge in [-0.25, -0.2) is 0 Å². The average Bonchev–Trinajstić information content (AvgIpc) is 2.96. The van der Waals surface area contributed by atoms with Gasteiger partial charge in [-0.05, 0) is 33.8 Å². The van der Waals surface area contributed by atoms with Gasteiger partial charge in [-0.3, -0.25) is 9.48 Å². The molecule has 1 saturated heterocycles. The Hall–Kier alpha value is -1.40. The first kappa shape index (κ1) is 16.0. The highest BCUT2D eigenvalue weighted by Gasteiger charge is 2.26. The molecular formula is C15H26N4O2. The molecule has 6 nitrogen and oxygen atoms in total. The van der Waals surface area contributed by atoms with E-state index in [-0.39, 0.29) is 30.2 Å². The van der Waals surface area contributed by atoms with Crippen molar-refractivity contribution in [1.29, 1.82) is 0 Å². The van der Waals surface area contributed by atoms with Crippen molar-refractivity contribution in [2.75, 3.05) is 19.6 Å². The number of nitrogens with zero attached hydrogens (tertiary/aromatic N) is 3. The number of hydrogen-bond acceptors (Lipinski definition) is 4. The van der Waals surface area contributed by atoms with E-state index < -0.39 is 0 Å². The third-order valence-corrected chi connectivity index (χ3v) is 4.01. The molecule has 1 aliphatic rings. The molecule has 1 aromatic heterocycles. The average molecular weight is 294 g/mol. The number of carbonyl (C=O) groups is 1. The molecule has 0 unspecified atom stereocenters. The van der Waals surface area contributed by atoms with Crippen LogP contribution in [0.3, 0.4) is 0 Å². The maximum Gasteiger partial charge on any atom is 0.236 e. The highest BCUT2D eigenvalue weighted by Crippen LogP contribution is 2.11. The molecule has 21 heavy (non-hydrogen) atoms. The summed E-state index contributed by atoms with van der Waals surface area (Å²) in [6.07, 6.45) is 3.93. The third kappa shape index (κ3) is 4.28. The molecule has 4 atom stereocenters. The van der Waals surface area contributed by atoms with Crippen LogP contribution in [0.5, 0.6) is 0 Å². The molecule has 6 heteroatoms. The Morgan fingerprint density at radius 2 is 2.05 bits per heavy atom. The molecule has 1 amide bonds. The highest BCUT2D eigenvalue weighted by molar-refractivity contribution is 5.78. The summed E-state index contributed by atoms with van der Waals surface area (Å²) in [5.41, 5.74) is 0. The van der Waals surface area contributed by atoms with Gasteiger partial charge in [-0.15, -0.1) is 0 Å². The Morgan fingerprint density at radius 3 is 2.62 bits per heavy atom. The van der Waals surface area contributed by atoms with Gasteiger partial charge in [0.1, 0.15) is 0 Å². The monoisotopic (exact) mass is 294 g/mol. The lowest BCUT2D eigenvalue weighted by molar-refractivity contribution is -0.142. The zero-order valence-corrected chi connectivity index (χ0v) is 13.3. The topological polar surface area (TPSA) is 59.4 Å².